The summed E-state index contributed by atoms with van der Waals surface area (Å²) in [6, 6.07) is 0. The number of piperidine rings is 1. The van der Waals surface area contributed by atoms with Crippen molar-refractivity contribution in [1.29, 1.82) is 0 Å². The van der Waals surface area contributed by atoms with Gasteiger partial charge in [0.2, 0.25) is 0 Å². The van der Waals surface area contributed by atoms with E-state index in [1.165, 1.54) is 0 Å². The monoisotopic (exact) mass is 185 g/mol. The van der Waals surface area contributed by atoms with Gasteiger partial charge >= 0.3 is 0 Å². The smallest absolute Gasteiger partial charge is 0.124 e. The number of aliphatic hydroxyl groups excluding tert-OH is 1. The van der Waals surface area contributed by atoms with Gasteiger partial charge in [0.05, 0.1) is 0 Å². The molecule has 3 nitrogen and oxygen atoms in total. The van der Waals surface area contributed by atoms with E-state index < -0.39 is 0 Å². The first-order valence-corrected chi connectivity index (χ1v) is 5.04. The molecule has 3 heteroatoms. The van der Waals surface area contributed by atoms with Gasteiger partial charge < -0.3 is 14.8 Å². The van der Waals surface area contributed by atoms with Crippen LogP contribution in [-0.2, 0) is 4.79 Å². The van der Waals surface area contributed by atoms with Crippen LogP contribution in [0.2, 0.25) is 0 Å². The summed E-state index contributed by atoms with van der Waals surface area (Å²) in [4.78, 5) is 12.7. The van der Waals surface area contributed by atoms with E-state index in [0.29, 0.717) is 5.92 Å². The van der Waals surface area contributed by atoms with Gasteiger partial charge in [-0.1, -0.05) is 6.92 Å². The van der Waals surface area contributed by atoms with Crippen LogP contribution in [0.25, 0.3) is 0 Å². The van der Waals surface area contributed by atoms with Crippen molar-refractivity contribution in [1.82, 2.24) is 4.90 Å². The van der Waals surface area contributed by atoms with Crippen molar-refractivity contribution in [2.45, 2.75) is 19.8 Å². The third-order valence-corrected chi connectivity index (χ3v) is 2.64. The van der Waals surface area contributed by atoms with Crippen molar-refractivity contribution < 1.29 is 9.90 Å². The lowest BCUT2D eigenvalue weighted by atomic mass is 9.98. The highest BCUT2D eigenvalue weighted by Crippen LogP contribution is 2.16. The minimum atomic E-state index is 0.123. The molecular weight excluding hydrogens is 166 g/mol. The normalized spacial score (nSPS) is 27.1. The van der Waals surface area contributed by atoms with E-state index in [1.807, 2.05) is 6.92 Å². The predicted molar refractivity (Wildman–Crippen MR) is 51.5 cm³/mol. The molecular formula is C10H19NO2. The Labute approximate surface area is 79.7 Å². The van der Waals surface area contributed by atoms with Crippen molar-refractivity contribution in [3.8, 4) is 0 Å². The molecule has 0 aromatic heterocycles. The molecule has 0 aliphatic carbocycles. The van der Waals surface area contributed by atoms with E-state index >= 15 is 0 Å². The van der Waals surface area contributed by atoms with E-state index in [0.717, 1.165) is 38.8 Å². The van der Waals surface area contributed by atoms with Gasteiger partial charge in [0.15, 0.2) is 0 Å². The van der Waals surface area contributed by atoms with Crippen LogP contribution in [0.3, 0.4) is 0 Å². The van der Waals surface area contributed by atoms with E-state index in [-0.39, 0.29) is 12.5 Å². The van der Waals surface area contributed by atoms with Crippen molar-refractivity contribution in [2.24, 2.45) is 11.8 Å². The first kappa shape index (κ1) is 10.7. The molecule has 0 aromatic rings. The Hall–Kier alpha value is -0.410. The zero-order valence-corrected chi connectivity index (χ0v) is 8.28. The Morgan fingerprint density at radius 2 is 2.46 bits per heavy atom. The molecule has 0 bridgehead atoms. The van der Waals surface area contributed by atoms with Gasteiger partial charge in [-0.05, 0) is 25.3 Å². The maximum Gasteiger partial charge on any atom is 0.124 e. The summed E-state index contributed by atoms with van der Waals surface area (Å²) in [5.41, 5.74) is 0. The Morgan fingerprint density at radius 1 is 1.69 bits per heavy atom. The molecule has 13 heavy (non-hydrogen) atoms. The third-order valence-electron chi connectivity index (χ3n) is 2.64. The standard InChI is InChI=1S/C10H19NO2/c1-9(7-12)5-11-4-2-3-10(6-11)8-13/h7,9-10,13H,2-6,8H2,1H3. The number of hydrogen-bond donors (Lipinski definition) is 1. The van der Waals surface area contributed by atoms with Gasteiger partial charge in [0, 0.05) is 25.6 Å². The van der Waals surface area contributed by atoms with E-state index in [2.05, 4.69) is 4.90 Å². The maximum atomic E-state index is 10.5. The molecule has 1 fully saturated rings. The Kier molecular flexibility index (Phi) is 4.39. The average Bonchev–Trinajstić information content (AvgIpc) is 2.18. The quantitative estimate of drug-likeness (QED) is 0.649. The number of carbonyl (C=O) groups excluding carboxylic acids is 1. The first-order valence-electron chi connectivity index (χ1n) is 5.04. The highest BCUT2D eigenvalue weighted by atomic mass is 16.3. The van der Waals surface area contributed by atoms with Crippen molar-refractivity contribution in [3.05, 3.63) is 0 Å². The van der Waals surface area contributed by atoms with E-state index in [4.69, 9.17) is 5.11 Å². The molecule has 0 radical (unpaired) electrons. The molecule has 2 unspecified atom stereocenters. The number of rotatable bonds is 4. The highest BCUT2D eigenvalue weighted by Gasteiger charge is 2.19. The summed E-state index contributed by atoms with van der Waals surface area (Å²) in [5.74, 6) is 0.546. The van der Waals surface area contributed by atoms with Gasteiger partial charge in [0.25, 0.3) is 0 Å². The molecule has 0 amide bonds. The molecule has 0 spiro atoms. The minimum Gasteiger partial charge on any atom is -0.396 e. The van der Waals surface area contributed by atoms with Crippen LogP contribution < -0.4 is 0 Å². The Morgan fingerprint density at radius 3 is 3.08 bits per heavy atom. The fourth-order valence-electron chi connectivity index (χ4n) is 1.92. The summed E-state index contributed by atoms with van der Waals surface area (Å²) in [5, 5.41) is 9.00. The van der Waals surface area contributed by atoms with Gasteiger partial charge in [-0.15, -0.1) is 0 Å². The summed E-state index contributed by atoms with van der Waals surface area (Å²) >= 11 is 0. The van der Waals surface area contributed by atoms with Crippen LogP contribution in [0, 0.1) is 11.8 Å². The molecule has 2 atom stereocenters. The molecule has 1 aliphatic rings. The molecule has 1 saturated heterocycles. The van der Waals surface area contributed by atoms with Gasteiger partial charge in [-0.2, -0.15) is 0 Å². The lowest BCUT2D eigenvalue weighted by Crippen LogP contribution is -2.39. The zero-order valence-electron chi connectivity index (χ0n) is 8.28. The summed E-state index contributed by atoms with van der Waals surface area (Å²) < 4.78 is 0. The summed E-state index contributed by atoms with van der Waals surface area (Å²) in [7, 11) is 0. The van der Waals surface area contributed by atoms with Gasteiger partial charge in [0.1, 0.15) is 6.29 Å². The highest BCUT2D eigenvalue weighted by molar-refractivity contribution is 5.52. The van der Waals surface area contributed by atoms with Gasteiger partial charge in [-0.25, -0.2) is 0 Å². The summed E-state index contributed by atoms with van der Waals surface area (Å²) in [6.07, 6.45) is 3.28. The Balaban J connectivity index is 2.29. The Bertz CT molecular complexity index is 161. The van der Waals surface area contributed by atoms with Crippen LogP contribution in [0.15, 0.2) is 0 Å². The van der Waals surface area contributed by atoms with E-state index in [1.54, 1.807) is 0 Å². The molecule has 1 N–H and O–H groups in total. The SMILES string of the molecule is CC(C=O)CN1CCCC(CO)C1. The third kappa shape index (κ3) is 3.44. The fourth-order valence-corrected chi connectivity index (χ4v) is 1.92. The average molecular weight is 185 g/mol. The molecule has 1 heterocycles. The second-order valence-corrected chi connectivity index (χ2v) is 4.06. The predicted octanol–water partition coefficient (Wildman–Crippen LogP) is 0.526. The number of nitrogens with zero attached hydrogens (tertiary/aromatic N) is 1. The van der Waals surface area contributed by atoms with Crippen LogP contribution in [0.5, 0.6) is 0 Å². The van der Waals surface area contributed by atoms with E-state index in [9.17, 15) is 4.79 Å². The maximum absolute atomic E-state index is 10.5. The lowest BCUT2D eigenvalue weighted by Gasteiger charge is -2.32. The van der Waals surface area contributed by atoms with Crippen LogP contribution in [-0.4, -0.2) is 42.5 Å². The molecule has 1 aliphatic heterocycles. The second kappa shape index (κ2) is 5.35. The topological polar surface area (TPSA) is 40.5 Å². The van der Waals surface area contributed by atoms with Crippen LogP contribution in [0.1, 0.15) is 19.8 Å². The van der Waals surface area contributed by atoms with Gasteiger partial charge in [-0.3, -0.25) is 0 Å². The fraction of sp³-hybridized carbons (Fsp3) is 0.900. The molecule has 0 aromatic carbocycles. The molecule has 0 saturated carbocycles. The largest absolute Gasteiger partial charge is 0.396 e. The molecule has 1 rings (SSSR count). The zero-order chi connectivity index (χ0) is 9.68. The number of carbonyl (C=O) groups is 1. The second-order valence-electron chi connectivity index (χ2n) is 4.06. The summed E-state index contributed by atoms with van der Waals surface area (Å²) in [6.45, 7) is 5.10. The minimum absolute atomic E-state index is 0.123. The number of hydrogen-bond acceptors (Lipinski definition) is 3. The van der Waals surface area contributed by atoms with Crippen molar-refractivity contribution in [3.63, 3.8) is 0 Å². The van der Waals surface area contributed by atoms with Crippen LogP contribution in [0.4, 0.5) is 0 Å². The van der Waals surface area contributed by atoms with Crippen LogP contribution >= 0.6 is 0 Å². The number of aliphatic hydroxyl groups is 1. The van der Waals surface area contributed by atoms with Crippen molar-refractivity contribution >= 4 is 6.29 Å². The first-order chi connectivity index (χ1) is 6.26. The number of aldehydes is 1. The number of likely N-dealkylation sites (tertiary alicyclic amines) is 1. The lowest BCUT2D eigenvalue weighted by molar-refractivity contribution is -0.111. The van der Waals surface area contributed by atoms with Crippen molar-refractivity contribution in [2.75, 3.05) is 26.2 Å². The molecule has 76 valence electrons.